The Hall–Kier alpha value is -3.93. The lowest BCUT2D eigenvalue weighted by atomic mass is 10.2. The number of nitrogens with zero attached hydrogens (tertiary/aromatic N) is 4. The van der Waals surface area contributed by atoms with E-state index in [0.29, 0.717) is 25.3 Å². The molecule has 0 aliphatic carbocycles. The van der Waals surface area contributed by atoms with Crippen LogP contribution in [0.3, 0.4) is 0 Å². The van der Waals surface area contributed by atoms with Gasteiger partial charge in [0.25, 0.3) is 5.56 Å². The van der Waals surface area contributed by atoms with Crippen LogP contribution in [0.4, 0.5) is 0 Å². The van der Waals surface area contributed by atoms with E-state index in [2.05, 4.69) is 10.00 Å². The molecule has 1 aliphatic rings. The van der Waals surface area contributed by atoms with Crippen molar-refractivity contribution in [3.05, 3.63) is 63.5 Å². The maximum absolute atomic E-state index is 11.9. The van der Waals surface area contributed by atoms with Gasteiger partial charge >= 0.3 is 17.6 Å². The van der Waals surface area contributed by atoms with E-state index in [1.165, 1.54) is 17.9 Å². The molecule has 1 unspecified atom stereocenters. The number of aromatic nitrogens is 3. The number of likely N-dealkylation sites (N-methyl/N-ethyl adjacent to an activating group) is 1. The molecule has 1 aromatic carbocycles. The number of benzene rings is 1. The van der Waals surface area contributed by atoms with Gasteiger partial charge in [-0.25, -0.2) is 19.1 Å². The molecule has 0 radical (unpaired) electrons. The Bertz CT molecular complexity index is 1110. The van der Waals surface area contributed by atoms with Crippen molar-refractivity contribution in [2.45, 2.75) is 25.5 Å². The third-order valence-corrected chi connectivity index (χ3v) is 4.76. The summed E-state index contributed by atoms with van der Waals surface area (Å²) < 4.78 is 14.1. The number of hydrogen-bond acceptors (Lipinski definition) is 8. The first-order valence-electron chi connectivity index (χ1n) is 10.5. The van der Waals surface area contributed by atoms with Crippen LogP contribution in [0, 0.1) is 0 Å². The standard InChI is InChI=1S/C18H24N4O4.C4H4O4/c1-20(12-14-13-25-15-7-3-4-8-16(15)26-14)9-5-6-10-22-18(24)21(2)17(23)11-19-22;5-3(6)1-2-4(7)8/h3-4,7-8,11,14H,5-6,9-10,12-13H2,1-2H3;1-2H,(H,5,6)(H,7,8)/b;2-1+. The number of carboxylic acid groups (broad SMARTS) is 2. The molecule has 3 rings (SSSR count). The highest BCUT2D eigenvalue weighted by molar-refractivity contribution is 5.89. The Balaban J connectivity index is 0.000000440. The predicted molar refractivity (Wildman–Crippen MR) is 121 cm³/mol. The fourth-order valence-electron chi connectivity index (χ4n) is 3.05. The quantitative estimate of drug-likeness (QED) is 0.379. The Morgan fingerprint density at radius 3 is 2.44 bits per heavy atom. The second kappa shape index (κ2) is 12.9. The van der Waals surface area contributed by atoms with Gasteiger partial charge in [-0.2, -0.15) is 5.10 Å². The lowest BCUT2D eigenvalue weighted by Gasteiger charge is -2.29. The largest absolute Gasteiger partial charge is 0.486 e. The number of aryl methyl sites for hydroxylation is 1. The van der Waals surface area contributed by atoms with Crippen molar-refractivity contribution in [3.63, 3.8) is 0 Å². The second-order valence-corrected chi connectivity index (χ2v) is 7.52. The third-order valence-electron chi connectivity index (χ3n) is 4.76. The number of para-hydroxylation sites is 2. The molecule has 0 saturated carbocycles. The van der Waals surface area contributed by atoms with Crippen LogP contribution in [-0.2, 0) is 23.2 Å². The lowest BCUT2D eigenvalue weighted by Crippen LogP contribution is -2.40. The van der Waals surface area contributed by atoms with Crippen LogP contribution in [0.5, 0.6) is 11.5 Å². The fourth-order valence-corrected chi connectivity index (χ4v) is 3.05. The number of aliphatic carboxylic acids is 2. The van der Waals surface area contributed by atoms with Crippen molar-refractivity contribution < 1.29 is 29.3 Å². The molecule has 2 aromatic rings. The molecule has 0 fully saturated rings. The second-order valence-electron chi connectivity index (χ2n) is 7.52. The number of rotatable bonds is 9. The first-order chi connectivity index (χ1) is 16.2. The Morgan fingerprint density at radius 2 is 1.79 bits per heavy atom. The molecule has 2 heterocycles. The summed E-state index contributed by atoms with van der Waals surface area (Å²) in [5, 5.41) is 19.5. The molecule has 12 nitrogen and oxygen atoms in total. The van der Waals surface area contributed by atoms with Crippen LogP contribution in [0.15, 0.2) is 52.2 Å². The van der Waals surface area contributed by atoms with Crippen LogP contribution in [0.1, 0.15) is 12.8 Å². The number of ether oxygens (including phenoxy) is 2. The van der Waals surface area contributed by atoms with E-state index in [1.807, 2.05) is 31.3 Å². The zero-order valence-electron chi connectivity index (χ0n) is 19.0. The molecule has 184 valence electrons. The summed E-state index contributed by atoms with van der Waals surface area (Å²) in [6, 6.07) is 7.69. The number of unbranched alkanes of at least 4 members (excludes halogenated alkanes) is 1. The van der Waals surface area contributed by atoms with Crippen molar-refractivity contribution >= 4 is 11.9 Å². The van der Waals surface area contributed by atoms with Gasteiger partial charge in [-0.05, 0) is 38.6 Å². The van der Waals surface area contributed by atoms with Gasteiger partial charge < -0.3 is 24.6 Å². The number of carboxylic acids is 2. The topological polar surface area (TPSA) is 153 Å². The molecule has 1 aliphatic heterocycles. The minimum absolute atomic E-state index is 0.00262. The van der Waals surface area contributed by atoms with Crippen molar-refractivity contribution in [2.24, 2.45) is 7.05 Å². The fraction of sp³-hybridized carbons (Fsp3) is 0.409. The van der Waals surface area contributed by atoms with Crippen molar-refractivity contribution in [2.75, 3.05) is 26.7 Å². The first-order valence-corrected chi connectivity index (χ1v) is 10.5. The molecule has 1 atom stereocenters. The maximum Gasteiger partial charge on any atom is 0.347 e. The summed E-state index contributed by atoms with van der Waals surface area (Å²) in [6.07, 6.45) is 4.01. The summed E-state index contributed by atoms with van der Waals surface area (Å²) in [4.78, 5) is 44.5. The van der Waals surface area contributed by atoms with Crippen molar-refractivity contribution in [1.29, 1.82) is 0 Å². The Morgan fingerprint density at radius 1 is 1.15 bits per heavy atom. The normalized spacial score (nSPS) is 14.5. The molecule has 12 heteroatoms. The number of hydrogen-bond donors (Lipinski definition) is 2. The van der Waals surface area contributed by atoms with Gasteiger partial charge in [-0.1, -0.05) is 12.1 Å². The van der Waals surface area contributed by atoms with Gasteiger partial charge in [-0.15, -0.1) is 0 Å². The molecule has 0 amide bonds. The predicted octanol–water partition coefficient (Wildman–Crippen LogP) is 0.206. The van der Waals surface area contributed by atoms with Crippen molar-refractivity contribution in [3.8, 4) is 11.5 Å². The average molecular weight is 476 g/mol. The van der Waals surface area contributed by atoms with E-state index in [1.54, 1.807) is 0 Å². The van der Waals surface area contributed by atoms with E-state index in [0.717, 1.165) is 42.0 Å². The first kappa shape index (κ1) is 26.3. The van der Waals surface area contributed by atoms with E-state index < -0.39 is 11.9 Å². The van der Waals surface area contributed by atoms with Gasteiger partial charge in [0.15, 0.2) is 11.5 Å². The van der Waals surface area contributed by atoms with Crippen LogP contribution in [0.25, 0.3) is 0 Å². The summed E-state index contributed by atoms with van der Waals surface area (Å²) in [5.41, 5.74) is -0.764. The molecule has 1 aromatic heterocycles. The summed E-state index contributed by atoms with van der Waals surface area (Å²) >= 11 is 0. The molecule has 2 N–H and O–H groups in total. The van der Waals surface area contributed by atoms with E-state index in [9.17, 15) is 19.2 Å². The smallest absolute Gasteiger partial charge is 0.347 e. The zero-order valence-corrected chi connectivity index (χ0v) is 19.0. The molecular weight excluding hydrogens is 448 g/mol. The highest BCUT2D eigenvalue weighted by Crippen LogP contribution is 2.30. The number of fused-ring (bicyclic) bond motifs is 1. The van der Waals surface area contributed by atoms with Crippen LogP contribution < -0.4 is 20.7 Å². The van der Waals surface area contributed by atoms with Crippen LogP contribution >= 0.6 is 0 Å². The van der Waals surface area contributed by atoms with Crippen LogP contribution in [-0.4, -0.2) is 74.2 Å². The average Bonchev–Trinajstić information content (AvgIpc) is 2.80. The van der Waals surface area contributed by atoms with E-state index in [-0.39, 0.29) is 17.4 Å². The summed E-state index contributed by atoms with van der Waals surface area (Å²) in [5.74, 6) is -0.932. The molecule has 0 saturated heterocycles. The van der Waals surface area contributed by atoms with Gasteiger partial charge in [-0.3, -0.25) is 9.36 Å². The van der Waals surface area contributed by atoms with Crippen molar-refractivity contribution in [1.82, 2.24) is 19.2 Å². The zero-order chi connectivity index (χ0) is 25.1. The van der Waals surface area contributed by atoms with E-state index in [4.69, 9.17) is 19.7 Å². The van der Waals surface area contributed by atoms with Gasteiger partial charge in [0.2, 0.25) is 0 Å². The van der Waals surface area contributed by atoms with Gasteiger partial charge in [0.05, 0.1) is 0 Å². The van der Waals surface area contributed by atoms with Gasteiger partial charge in [0.1, 0.15) is 18.9 Å². The maximum atomic E-state index is 11.9. The summed E-state index contributed by atoms with van der Waals surface area (Å²) in [6.45, 7) is 2.68. The third kappa shape index (κ3) is 8.54. The van der Waals surface area contributed by atoms with Crippen LogP contribution in [0.2, 0.25) is 0 Å². The molecule has 0 bridgehead atoms. The van der Waals surface area contributed by atoms with Gasteiger partial charge in [0, 0.05) is 32.3 Å². The molecule has 0 spiro atoms. The van der Waals surface area contributed by atoms with E-state index >= 15 is 0 Å². The minimum atomic E-state index is -1.26. The minimum Gasteiger partial charge on any atom is -0.486 e. The highest BCUT2D eigenvalue weighted by atomic mass is 16.6. The Labute approximate surface area is 195 Å². The lowest BCUT2D eigenvalue weighted by molar-refractivity contribution is -0.134. The Kier molecular flexibility index (Phi) is 10.0. The monoisotopic (exact) mass is 476 g/mol. The highest BCUT2D eigenvalue weighted by Gasteiger charge is 2.21. The SMILES string of the molecule is CN(CCCCn1ncc(=O)n(C)c1=O)CC1COc2ccccc2O1.O=C(O)/C=C/C(=O)O. The summed E-state index contributed by atoms with van der Waals surface area (Å²) in [7, 11) is 3.50. The number of carbonyl (C=O) groups is 2. The molecular formula is C22H28N4O8. The molecule has 34 heavy (non-hydrogen) atoms.